The summed E-state index contributed by atoms with van der Waals surface area (Å²) in [7, 11) is 0. The normalized spacial score (nSPS) is 12.0. The fraction of sp³-hybridized carbons (Fsp3) is 0.158. The van der Waals surface area contributed by atoms with E-state index in [0.29, 0.717) is 11.6 Å². The lowest BCUT2D eigenvalue weighted by molar-refractivity contribution is -0.152. The summed E-state index contributed by atoms with van der Waals surface area (Å²) >= 11 is 0. The average molecular weight is 376 g/mol. The van der Waals surface area contributed by atoms with E-state index < -0.39 is 41.1 Å². The first-order valence-electron chi connectivity index (χ1n) is 8.05. The van der Waals surface area contributed by atoms with Crippen molar-refractivity contribution < 1.29 is 27.5 Å². The summed E-state index contributed by atoms with van der Waals surface area (Å²) in [4.78, 5) is 27.1. The Bertz CT molecular complexity index is 1020. The molecule has 5 nitrogen and oxygen atoms in total. The first-order chi connectivity index (χ1) is 12.9. The predicted molar refractivity (Wildman–Crippen MR) is 92.5 cm³/mol. The van der Waals surface area contributed by atoms with Crippen LogP contribution in [0.5, 0.6) is 0 Å². The van der Waals surface area contributed by atoms with Gasteiger partial charge in [0.2, 0.25) is 0 Å². The number of hydrogen-bond acceptors (Lipinski definition) is 3. The molecule has 1 atom stereocenters. The van der Waals surface area contributed by atoms with Crippen molar-refractivity contribution >= 4 is 28.5 Å². The number of ether oxygens (including phenoxy) is 1. The molecule has 2 aromatic carbocycles. The van der Waals surface area contributed by atoms with Crippen LogP contribution in [0.1, 0.15) is 12.5 Å². The maximum atomic E-state index is 13.6. The number of carbonyl (C=O) groups is 2. The molecule has 27 heavy (non-hydrogen) atoms. The number of benzene rings is 2. The van der Waals surface area contributed by atoms with E-state index in [1.54, 1.807) is 6.20 Å². The third kappa shape index (κ3) is 3.94. The summed E-state index contributed by atoms with van der Waals surface area (Å²) in [6.07, 6.45) is 0.351. The van der Waals surface area contributed by atoms with Crippen molar-refractivity contribution in [2.45, 2.75) is 19.4 Å². The summed E-state index contributed by atoms with van der Waals surface area (Å²) in [6, 6.07) is 8.95. The number of H-pyrrole nitrogens is 1. The second-order valence-electron chi connectivity index (χ2n) is 5.88. The molecular formula is C19H15F3N2O3. The van der Waals surface area contributed by atoms with E-state index in [9.17, 15) is 22.8 Å². The van der Waals surface area contributed by atoms with E-state index in [0.717, 1.165) is 17.0 Å². The highest BCUT2D eigenvalue weighted by Crippen LogP contribution is 2.21. The minimum Gasteiger partial charge on any atom is -0.452 e. The van der Waals surface area contributed by atoms with Crippen molar-refractivity contribution in [3.05, 3.63) is 65.6 Å². The van der Waals surface area contributed by atoms with Crippen molar-refractivity contribution in [3.8, 4) is 0 Å². The van der Waals surface area contributed by atoms with Gasteiger partial charge < -0.3 is 15.0 Å². The van der Waals surface area contributed by atoms with Gasteiger partial charge in [-0.2, -0.15) is 0 Å². The lowest BCUT2D eigenvalue weighted by Gasteiger charge is -2.14. The minimum absolute atomic E-state index is 0.0683. The van der Waals surface area contributed by atoms with Crippen molar-refractivity contribution in [1.82, 2.24) is 4.98 Å². The number of halogens is 3. The predicted octanol–water partition coefficient (Wildman–Crippen LogP) is 3.70. The molecular weight excluding hydrogens is 361 g/mol. The number of hydrogen-bond donors (Lipinski definition) is 2. The molecule has 8 heteroatoms. The van der Waals surface area contributed by atoms with Gasteiger partial charge in [-0.3, -0.25) is 9.59 Å². The lowest BCUT2D eigenvalue weighted by atomic mass is 10.1. The van der Waals surface area contributed by atoms with Crippen LogP contribution in [0.25, 0.3) is 10.9 Å². The lowest BCUT2D eigenvalue weighted by Crippen LogP contribution is -2.30. The molecule has 0 bridgehead atoms. The first kappa shape index (κ1) is 18.5. The maximum absolute atomic E-state index is 13.6. The molecule has 0 fully saturated rings. The molecule has 0 radical (unpaired) electrons. The number of carbonyl (C=O) groups excluding carboxylic acids is 2. The number of fused-ring (bicyclic) bond motifs is 1. The highest BCUT2D eigenvalue weighted by atomic mass is 19.2. The molecule has 0 aliphatic heterocycles. The summed E-state index contributed by atoms with van der Waals surface area (Å²) in [5.41, 5.74) is 1.02. The van der Waals surface area contributed by atoms with Gasteiger partial charge in [0.05, 0.1) is 12.1 Å². The second-order valence-corrected chi connectivity index (χ2v) is 5.88. The van der Waals surface area contributed by atoms with Gasteiger partial charge >= 0.3 is 5.97 Å². The van der Waals surface area contributed by atoms with Crippen LogP contribution in [0.2, 0.25) is 0 Å². The quantitative estimate of drug-likeness (QED) is 0.527. The zero-order chi connectivity index (χ0) is 19.6. The summed E-state index contributed by atoms with van der Waals surface area (Å²) < 4.78 is 44.8. The van der Waals surface area contributed by atoms with Crippen LogP contribution < -0.4 is 5.32 Å². The number of para-hydroxylation sites is 1. The van der Waals surface area contributed by atoms with Crippen LogP contribution in [-0.2, 0) is 20.7 Å². The van der Waals surface area contributed by atoms with Crippen molar-refractivity contribution in [1.29, 1.82) is 0 Å². The van der Waals surface area contributed by atoms with Crippen LogP contribution in [0, 0.1) is 17.5 Å². The number of amides is 1. The molecule has 0 spiro atoms. The van der Waals surface area contributed by atoms with Gasteiger partial charge in [-0.25, -0.2) is 13.2 Å². The number of nitrogens with one attached hydrogen (secondary N) is 2. The SMILES string of the molecule is C[C@H](OC(=O)Cc1c[nH]c2ccccc12)C(=O)Nc1ccc(F)c(F)c1F. The van der Waals surface area contributed by atoms with E-state index in [1.165, 1.54) is 6.92 Å². The Balaban J connectivity index is 1.62. The Morgan fingerprint density at radius 2 is 1.85 bits per heavy atom. The molecule has 0 saturated carbocycles. The van der Waals surface area contributed by atoms with Gasteiger partial charge in [-0.1, -0.05) is 18.2 Å². The molecule has 0 aliphatic carbocycles. The van der Waals surface area contributed by atoms with E-state index in [4.69, 9.17) is 4.74 Å². The minimum atomic E-state index is -1.70. The standard InChI is InChI=1S/C19H15F3N2O3/c1-10(19(26)24-15-7-6-13(20)17(21)18(15)22)27-16(25)8-11-9-23-14-5-3-2-4-12(11)14/h2-7,9-10,23H,8H2,1H3,(H,24,26)/t10-/m0/s1. The summed E-state index contributed by atoms with van der Waals surface area (Å²) in [5.74, 6) is -6.12. The third-order valence-corrected chi connectivity index (χ3v) is 3.98. The molecule has 3 rings (SSSR count). The van der Waals surface area contributed by atoms with E-state index in [-0.39, 0.29) is 6.42 Å². The van der Waals surface area contributed by atoms with Crippen LogP contribution in [0.4, 0.5) is 18.9 Å². The van der Waals surface area contributed by atoms with E-state index >= 15 is 0 Å². The van der Waals surface area contributed by atoms with E-state index in [1.807, 2.05) is 24.3 Å². The highest BCUT2D eigenvalue weighted by molar-refractivity contribution is 5.95. The number of anilines is 1. The Morgan fingerprint density at radius 3 is 2.63 bits per heavy atom. The average Bonchev–Trinajstić information content (AvgIpc) is 3.05. The van der Waals surface area contributed by atoms with Gasteiger partial charge in [0.15, 0.2) is 23.6 Å². The Labute approximate surface area is 152 Å². The van der Waals surface area contributed by atoms with Crippen LogP contribution >= 0.6 is 0 Å². The maximum Gasteiger partial charge on any atom is 0.311 e. The molecule has 3 aromatic rings. The summed E-state index contributed by atoms with van der Waals surface area (Å²) in [5, 5.41) is 2.92. The van der Waals surface area contributed by atoms with Crippen molar-refractivity contribution in [2.24, 2.45) is 0 Å². The molecule has 0 saturated heterocycles. The number of aromatic nitrogens is 1. The number of esters is 1. The molecule has 2 N–H and O–H groups in total. The largest absolute Gasteiger partial charge is 0.452 e. The zero-order valence-electron chi connectivity index (χ0n) is 14.2. The van der Waals surface area contributed by atoms with Crippen LogP contribution in [0.15, 0.2) is 42.6 Å². The molecule has 1 aromatic heterocycles. The fourth-order valence-electron chi connectivity index (χ4n) is 2.58. The molecule has 1 heterocycles. The molecule has 0 aliphatic rings. The van der Waals surface area contributed by atoms with Crippen LogP contribution in [-0.4, -0.2) is 23.0 Å². The second kappa shape index (κ2) is 7.53. The Kier molecular flexibility index (Phi) is 5.16. The number of aromatic amines is 1. The fourth-order valence-corrected chi connectivity index (χ4v) is 2.58. The Hall–Kier alpha value is -3.29. The first-order valence-corrected chi connectivity index (χ1v) is 8.05. The molecule has 140 valence electrons. The zero-order valence-corrected chi connectivity index (χ0v) is 14.2. The Morgan fingerprint density at radius 1 is 1.11 bits per heavy atom. The molecule has 1 amide bonds. The van der Waals surface area contributed by atoms with Gasteiger partial charge in [0.1, 0.15) is 0 Å². The van der Waals surface area contributed by atoms with Crippen molar-refractivity contribution in [2.75, 3.05) is 5.32 Å². The van der Waals surface area contributed by atoms with Gasteiger partial charge in [0.25, 0.3) is 5.91 Å². The van der Waals surface area contributed by atoms with Crippen molar-refractivity contribution in [3.63, 3.8) is 0 Å². The smallest absolute Gasteiger partial charge is 0.311 e. The highest BCUT2D eigenvalue weighted by Gasteiger charge is 2.22. The summed E-state index contributed by atoms with van der Waals surface area (Å²) in [6.45, 7) is 1.29. The topological polar surface area (TPSA) is 71.2 Å². The molecule has 0 unspecified atom stereocenters. The van der Waals surface area contributed by atoms with Crippen LogP contribution in [0.3, 0.4) is 0 Å². The number of rotatable bonds is 5. The van der Waals surface area contributed by atoms with E-state index in [2.05, 4.69) is 10.3 Å². The monoisotopic (exact) mass is 376 g/mol. The van der Waals surface area contributed by atoms with Gasteiger partial charge in [-0.05, 0) is 30.7 Å². The van der Waals surface area contributed by atoms with Gasteiger partial charge in [0, 0.05) is 17.1 Å². The van der Waals surface area contributed by atoms with Gasteiger partial charge in [-0.15, -0.1) is 0 Å². The third-order valence-electron chi connectivity index (χ3n) is 3.98.